The minimum Gasteiger partial charge on any atom is -0.461 e. The van der Waals surface area contributed by atoms with E-state index in [0.29, 0.717) is 19.4 Å². The summed E-state index contributed by atoms with van der Waals surface area (Å²) in [5, 5.41) is 6.34. The first-order valence-electron chi connectivity index (χ1n) is 13.8. The van der Waals surface area contributed by atoms with Crippen LogP contribution in [0.4, 0.5) is 0 Å². The first kappa shape index (κ1) is 31.1. The summed E-state index contributed by atoms with van der Waals surface area (Å²) in [7, 11) is 0. The van der Waals surface area contributed by atoms with Crippen LogP contribution in [0.3, 0.4) is 0 Å². The number of aromatic nitrogens is 1. The fourth-order valence-electron chi connectivity index (χ4n) is 4.63. The van der Waals surface area contributed by atoms with E-state index in [0.717, 1.165) is 15.4 Å². The van der Waals surface area contributed by atoms with Crippen LogP contribution in [0, 0.1) is 23.7 Å². The molecule has 0 radical (unpaired) electrons. The summed E-state index contributed by atoms with van der Waals surface area (Å²) in [5.74, 6) is -4.20. The molecule has 216 valence electrons. The molecule has 0 saturated carbocycles. The van der Waals surface area contributed by atoms with E-state index in [1.807, 2.05) is 58.0 Å². The molecule has 2 amide bonds. The van der Waals surface area contributed by atoms with Crippen molar-refractivity contribution in [3.05, 3.63) is 52.0 Å². The molecule has 10 heteroatoms. The van der Waals surface area contributed by atoms with E-state index < -0.39 is 41.4 Å². The van der Waals surface area contributed by atoms with E-state index >= 15 is 0 Å². The molecule has 0 aliphatic carbocycles. The number of nitrogens with zero attached hydrogens (tertiary/aromatic N) is 1. The Morgan fingerprint density at radius 1 is 1.12 bits per heavy atom. The van der Waals surface area contributed by atoms with Crippen molar-refractivity contribution >= 4 is 40.7 Å². The molecule has 0 fully saturated rings. The second-order valence-electron chi connectivity index (χ2n) is 11.1. The van der Waals surface area contributed by atoms with Crippen molar-refractivity contribution in [3.8, 4) is 0 Å². The number of hydrogen-bond donors (Lipinski definition) is 2. The van der Waals surface area contributed by atoms with Crippen LogP contribution < -0.4 is 10.6 Å². The lowest BCUT2D eigenvalue weighted by Gasteiger charge is -2.26. The number of benzene rings is 1. The molecule has 2 bridgehead atoms. The molecule has 1 aliphatic heterocycles. The summed E-state index contributed by atoms with van der Waals surface area (Å²) in [6.45, 7) is 7.98. The highest BCUT2D eigenvalue weighted by molar-refractivity contribution is 7.11. The zero-order valence-electron chi connectivity index (χ0n) is 23.6. The van der Waals surface area contributed by atoms with E-state index in [1.54, 1.807) is 6.20 Å². The topological polar surface area (TPSA) is 132 Å². The summed E-state index contributed by atoms with van der Waals surface area (Å²) in [6, 6.07) is 8.44. The van der Waals surface area contributed by atoms with Crippen LogP contribution in [0.15, 0.2) is 36.5 Å². The lowest BCUT2D eigenvalue weighted by Crippen LogP contribution is -2.47. The third kappa shape index (κ3) is 9.36. The van der Waals surface area contributed by atoms with Gasteiger partial charge in [0.1, 0.15) is 6.61 Å². The van der Waals surface area contributed by atoms with Crippen LogP contribution in [-0.2, 0) is 48.2 Å². The average Bonchev–Trinajstić information content (AvgIpc) is 3.35. The molecule has 9 nitrogen and oxygen atoms in total. The van der Waals surface area contributed by atoms with E-state index in [1.165, 1.54) is 11.3 Å². The predicted molar refractivity (Wildman–Crippen MR) is 151 cm³/mol. The van der Waals surface area contributed by atoms with Crippen LogP contribution in [0.25, 0.3) is 0 Å². The summed E-state index contributed by atoms with van der Waals surface area (Å²) >= 11 is 1.47. The molecule has 2 N–H and O–H groups in total. The van der Waals surface area contributed by atoms with E-state index in [4.69, 9.17) is 4.74 Å². The first-order valence-corrected chi connectivity index (χ1v) is 14.6. The van der Waals surface area contributed by atoms with Crippen molar-refractivity contribution in [3.63, 3.8) is 0 Å². The van der Waals surface area contributed by atoms with Gasteiger partial charge in [-0.05, 0) is 30.2 Å². The molecule has 2 aromatic rings. The lowest BCUT2D eigenvalue weighted by atomic mass is 9.87. The number of fused-ring (bicyclic) bond motifs is 2. The predicted octanol–water partition coefficient (Wildman–Crippen LogP) is 3.44. The highest BCUT2D eigenvalue weighted by Gasteiger charge is 2.34. The number of ketones is 2. The van der Waals surface area contributed by atoms with E-state index in [9.17, 15) is 24.0 Å². The zero-order chi connectivity index (χ0) is 29.2. The van der Waals surface area contributed by atoms with Gasteiger partial charge in [-0.3, -0.25) is 24.0 Å². The number of esters is 1. The maximum absolute atomic E-state index is 13.5. The van der Waals surface area contributed by atoms with Crippen LogP contribution >= 0.6 is 11.3 Å². The van der Waals surface area contributed by atoms with Crippen molar-refractivity contribution in [2.45, 2.75) is 72.4 Å². The van der Waals surface area contributed by atoms with Crippen molar-refractivity contribution in [1.29, 1.82) is 0 Å². The van der Waals surface area contributed by atoms with Crippen LogP contribution in [0.5, 0.6) is 0 Å². The van der Waals surface area contributed by atoms with Gasteiger partial charge in [0.05, 0.1) is 23.4 Å². The maximum atomic E-state index is 13.5. The highest BCUT2D eigenvalue weighted by Crippen LogP contribution is 2.24. The molecular weight excluding hydrogens is 530 g/mol. The number of rotatable bonds is 12. The molecule has 1 aromatic carbocycles. The molecule has 3 atom stereocenters. The number of carbonyl (C=O) groups is 5. The minimum absolute atomic E-state index is 0.0784. The summed E-state index contributed by atoms with van der Waals surface area (Å²) in [4.78, 5) is 70.0. The Kier molecular flexibility index (Phi) is 11.5. The van der Waals surface area contributed by atoms with Crippen molar-refractivity contribution < 1.29 is 28.7 Å². The van der Waals surface area contributed by atoms with Gasteiger partial charge in [0, 0.05) is 36.4 Å². The van der Waals surface area contributed by atoms with E-state index in [-0.39, 0.29) is 43.5 Å². The molecule has 3 unspecified atom stereocenters. The van der Waals surface area contributed by atoms with Gasteiger partial charge in [0.25, 0.3) is 5.91 Å². The van der Waals surface area contributed by atoms with Gasteiger partial charge in [-0.25, -0.2) is 4.98 Å². The number of amides is 2. The van der Waals surface area contributed by atoms with Gasteiger partial charge >= 0.3 is 5.97 Å². The van der Waals surface area contributed by atoms with Gasteiger partial charge in [0.15, 0.2) is 5.78 Å². The third-order valence-electron chi connectivity index (χ3n) is 6.90. The second-order valence-corrected chi connectivity index (χ2v) is 12.3. The first-order chi connectivity index (χ1) is 19.0. The second kappa shape index (κ2) is 14.8. The molecular formula is C30H39N3O6S. The number of ether oxygens (including phenoxy) is 1. The van der Waals surface area contributed by atoms with Gasteiger partial charge < -0.3 is 15.4 Å². The molecule has 1 aromatic heterocycles. The van der Waals surface area contributed by atoms with Crippen molar-refractivity contribution in [2.75, 3.05) is 6.54 Å². The van der Waals surface area contributed by atoms with Gasteiger partial charge in [-0.15, -0.1) is 11.3 Å². The fourth-order valence-corrected chi connectivity index (χ4v) is 5.63. The Hall–Kier alpha value is -3.40. The highest BCUT2D eigenvalue weighted by atomic mass is 32.1. The minimum atomic E-state index is -0.850. The van der Waals surface area contributed by atoms with Gasteiger partial charge in [-0.1, -0.05) is 58.0 Å². The van der Waals surface area contributed by atoms with Crippen LogP contribution in [0.2, 0.25) is 0 Å². The average molecular weight is 570 g/mol. The number of carbonyl (C=O) groups excluding carboxylic acids is 5. The van der Waals surface area contributed by atoms with E-state index in [2.05, 4.69) is 15.6 Å². The Morgan fingerprint density at radius 3 is 2.52 bits per heavy atom. The maximum Gasteiger partial charge on any atom is 0.306 e. The number of Topliss-reactive ketones (excluding diaryl/α,β-unsaturated/α-hetero) is 2. The van der Waals surface area contributed by atoms with Crippen LogP contribution in [0.1, 0.15) is 62.4 Å². The third-order valence-corrected chi connectivity index (χ3v) is 7.98. The van der Waals surface area contributed by atoms with Crippen molar-refractivity contribution in [2.24, 2.45) is 23.7 Å². The summed E-state index contributed by atoms with van der Waals surface area (Å²) in [5.41, 5.74) is 0.849. The number of hydrogen-bond acceptors (Lipinski definition) is 8. The number of nitrogens with one attached hydrogen (secondary N) is 2. The molecule has 2 heterocycles. The fraction of sp³-hybridized carbons (Fsp3) is 0.533. The quantitative estimate of drug-likeness (QED) is 0.296. The molecule has 40 heavy (non-hydrogen) atoms. The van der Waals surface area contributed by atoms with Gasteiger partial charge in [-0.2, -0.15) is 0 Å². The summed E-state index contributed by atoms with van der Waals surface area (Å²) in [6.07, 6.45) is 2.55. The summed E-state index contributed by atoms with van der Waals surface area (Å²) < 4.78 is 5.39. The smallest absolute Gasteiger partial charge is 0.306 e. The number of thiazole rings is 1. The van der Waals surface area contributed by atoms with Crippen LogP contribution in [-0.4, -0.2) is 46.9 Å². The molecule has 1 aliphatic rings. The zero-order valence-corrected chi connectivity index (χ0v) is 24.4. The van der Waals surface area contributed by atoms with Gasteiger partial charge in [0.2, 0.25) is 11.7 Å². The largest absolute Gasteiger partial charge is 0.461 e. The SMILES string of the molecule is CC(C)CC(NC(=O)C(CC(=O)OCc1ccccc1)C(C)C)C(=O)CC1Cc2cnc(s2)CCNC(=O)C1=O. The van der Waals surface area contributed by atoms with Crippen molar-refractivity contribution in [1.82, 2.24) is 15.6 Å². The Bertz CT molecular complexity index is 1190. The Morgan fingerprint density at radius 2 is 1.85 bits per heavy atom. The Labute approximate surface area is 239 Å². The Balaban J connectivity index is 1.68. The molecule has 3 rings (SSSR count). The molecule has 0 spiro atoms. The standard InChI is InChI=1S/C30H39N3O6S/c1-18(2)12-24(25(34)14-21-13-22-16-32-26(40-22)10-11-31-30(38)28(21)36)33-29(37)23(19(3)4)15-27(35)39-17-20-8-6-5-7-9-20/h5-9,16,18-19,21,23-24H,10-15,17H2,1-4H3,(H,31,38)(H,33,37). The monoisotopic (exact) mass is 569 g/mol. The molecule has 0 saturated heterocycles. The normalized spacial score (nSPS) is 17.2. The lowest BCUT2D eigenvalue weighted by molar-refractivity contribution is -0.149.